The van der Waals surface area contributed by atoms with Crippen molar-refractivity contribution < 1.29 is 9.90 Å². The molecule has 3 aromatic rings. The fourth-order valence-corrected chi connectivity index (χ4v) is 2.99. The Labute approximate surface area is 154 Å². The average Bonchev–Trinajstić information content (AvgIpc) is 2.95. The molecule has 1 aromatic carbocycles. The van der Waals surface area contributed by atoms with Crippen LogP contribution in [0.2, 0.25) is 0 Å². The summed E-state index contributed by atoms with van der Waals surface area (Å²) in [6.07, 6.45) is 3.43. The topological polar surface area (TPSA) is 99.2 Å². The van der Waals surface area contributed by atoms with E-state index in [0.717, 1.165) is 0 Å². The van der Waals surface area contributed by atoms with Gasteiger partial charge in [0.25, 0.3) is 11.5 Å². The van der Waals surface area contributed by atoms with Crippen LogP contribution in [0, 0.1) is 11.8 Å². The van der Waals surface area contributed by atoms with Crippen LogP contribution in [0.1, 0.15) is 12.0 Å². The lowest BCUT2D eigenvalue weighted by Gasteiger charge is -2.13. The van der Waals surface area contributed by atoms with Gasteiger partial charge in [-0.05, 0) is 18.2 Å². The first kappa shape index (κ1) is 16.9. The Hall–Kier alpha value is -3.50. The number of carbonyl (C=O) groups is 1. The number of fused-ring (bicyclic) bond motifs is 1. The van der Waals surface area contributed by atoms with Gasteiger partial charge in [0.15, 0.2) is 5.82 Å². The Bertz CT molecular complexity index is 1170. The highest BCUT2D eigenvalue weighted by molar-refractivity contribution is 5.90. The molecule has 27 heavy (non-hydrogen) atoms. The Morgan fingerprint density at radius 3 is 2.93 bits per heavy atom. The van der Waals surface area contributed by atoms with Gasteiger partial charge in [0, 0.05) is 48.9 Å². The molecule has 0 saturated carbocycles. The molecule has 0 radical (unpaired) electrons. The van der Waals surface area contributed by atoms with Crippen LogP contribution in [0.15, 0.2) is 47.5 Å². The van der Waals surface area contributed by atoms with E-state index >= 15 is 0 Å². The lowest BCUT2D eigenvalue weighted by atomic mass is 10.0. The van der Waals surface area contributed by atoms with Gasteiger partial charge in [-0.25, -0.2) is 9.97 Å². The van der Waals surface area contributed by atoms with Crippen molar-refractivity contribution in [1.82, 2.24) is 19.9 Å². The van der Waals surface area contributed by atoms with Gasteiger partial charge in [0.05, 0.1) is 0 Å². The van der Waals surface area contributed by atoms with E-state index in [-0.39, 0.29) is 17.9 Å². The second-order valence-corrected chi connectivity index (χ2v) is 6.47. The summed E-state index contributed by atoms with van der Waals surface area (Å²) < 4.78 is 0. The molecule has 1 aliphatic heterocycles. The number of carbonyl (C=O) groups excluding carboxylic acids is 1. The second-order valence-electron chi connectivity index (χ2n) is 6.47. The first-order valence-electron chi connectivity index (χ1n) is 8.42. The number of likely N-dealkylation sites (tertiary alicyclic amines) is 1. The summed E-state index contributed by atoms with van der Waals surface area (Å²) in [5.41, 5.74) is -0.300. The van der Waals surface area contributed by atoms with Crippen molar-refractivity contribution >= 4 is 16.8 Å². The summed E-state index contributed by atoms with van der Waals surface area (Å²) in [5, 5.41) is 11.1. The predicted octanol–water partition coefficient (Wildman–Crippen LogP) is 0.930. The zero-order chi connectivity index (χ0) is 19.0. The highest BCUT2D eigenvalue weighted by atomic mass is 16.3. The summed E-state index contributed by atoms with van der Waals surface area (Å²) in [6.45, 7) is 0.476. The van der Waals surface area contributed by atoms with Gasteiger partial charge in [-0.15, -0.1) is 0 Å². The van der Waals surface area contributed by atoms with E-state index in [1.54, 1.807) is 43.7 Å². The van der Waals surface area contributed by atoms with E-state index in [1.165, 1.54) is 4.90 Å². The van der Waals surface area contributed by atoms with Crippen molar-refractivity contribution in [1.29, 1.82) is 0 Å². The first-order valence-corrected chi connectivity index (χ1v) is 8.42. The van der Waals surface area contributed by atoms with E-state index in [1.807, 2.05) is 6.07 Å². The molecule has 1 saturated heterocycles. The molecule has 0 spiro atoms. The third kappa shape index (κ3) is 3.07. The molecule has 1 aliphatic rings. The number of likely N-dealkylation sites (N-methyl/N-ethyl adjacent to an activating group) is 1. The van der Waals surface area contributed by atoms with Crippen LogP contribution < -0.4 is 5.56 Å². The van der Waals surface area contributed by atoms with E-state index in [0.29, 0.717) is 34.4 Å². The maximum atomic E-state index is 12.0. The molecule has 1 amide bonds. The number of H-pyrrole nitrogens is 1. The Morgan fingerprint density at radius 1 is 1.30 bits per heavy atom. The van der Waals surface area contributed by atoms with Gasteiger partial charge in [0.1, 0.15) is 5.52 Å². The number of aliphatic hydroxyl groups is 1. The Kier molecular flexibility index (Phi) is 3.98. The molecular weight excluding hydrogens is 344 g/mol. The molecule has 4 rings (SSSR count). The zero-order valence-corrected chi connectivity index (χ0v) is 14.6. The third-order valence-electron chi connectivity index (χ3n) is 4.55. The second kappa shape index (κ2) is 6.34. The maximum absolute atomic E-state index is 12.0. The average molecular weight is 360 g/mol. The van der Waals surface area contributed by atoms with E-state index in [4.69, 9.17) is 0 Å². The van der Waals surface area contributed by atoms with Gasteiger partial charge >= 0.3 is 0 Å². The first-order chi connectivity index (χ1) is 13.0. The molecular formula is C20H16N4O3. The van der Waals surface area contributed by atoms with Gasteiger partial charge in [-0.2, -0.15) is 0 Å². The van der Waals surface area contributed by atoms with Gasteiger partial charge in [0.2, 0.25) is 5.60 Å². The summed E-state index contributed by atoms with van der Waals surface area (Å²) in [5.74, 6) is 5.57. The minimum atomic E-state index is -1.64. The van der Waals surface area contributed by atoms with Gasteiger partial charge < -0.3 is 15.0 Å². The standard InChI is InChI=1S/C20H16N4O3/c1-24-10-8-20(27,19(24)26)7-5-13-3-2-4-14(11-13)17-22-12-15-6-9-21-18(25)16(15)23-17/h2-4,6,9,11-12,27H,8,10H2,1H3,(H,21,25)/t20-/m0/s1. The van der Waals surface area contributed by atoms with E-state index in [2.05, 4.69) is 26.8 Å². The lowest BCUT2D eigenvalue weighted by Crippen LogP contribution is -2.37. The molecule has 3 heterocycles. The third-order valence-corrected chi connectivity index (χ3v) is 4.55. The summed E-state index contributed by atoms with van der Waals surface area (Å²) in [4.78, 5) is 36.7. The molecule has 2 aromatic heterocycles. The number of benzene rings is 1. The Morgan fingerprint density at radius 2 is 2.15 bits per heavy atom. The number of hydrogen-bond acceptors (Lipinski definition) is 5. The smallest absolute Gasteiger partial charge is 0.274 e. The summed E-state index contributed by atoms with van der Waals surface area (Å²) in [7, 11) is 1.64. The van der Waals surface area contributed by atoms with Crippen molar-refractivity contribution in [3.8, 4) is 23.2 Å². The molecule has 1 atom stereocenters. The van der Waals surface area contributed by atoms with Crippen LogP contribution in [0.25, 0.3) is 22.3 Å². The van der Waals surface area contributed by atoms with Gasteiger partial charge in [-0.3, -0.25) is 9.59 Å². The minimum Gasteiger partial charge on any atom is -0.369 e. The van der Waals surface area contributed by atoms with E-state index in [9.17, 15) is 14.7 Å². The molecule has 7 heteroatoms. The maximum Gasteiger partial charge on any atom is 0.274 e. The van der Waals surface area contributed by atoms with Crippen molar-refractivity contribution in [2.24, 2.45) is 0 Å². The van der Waals surface area contributed by atoms with Gasteiger partial charge in [-0.1, -0.05) is 24.0 Å². The number of rotatable bonds is 1. The number of nitrogens with zero attached hydrogens (tertiary/aromatic N) is 3. The van der Waals surface area contributed by atoms with Crippen molar-refractivity contribution in [3.05, 3.63) is 58.6 Å². The molecule has 0 unspecified atom stereocenters. The summed E-state index contributed by atoms with van der Waals surface area (Å²) >= 11 is 0. The van der Waals surface area contributed by atoms with Crippen molar-refractivity contribution in [3.63, 3.8) is 0 Å². The molecule has 7 nitrogen and oxygen atoms in total. The number of nitrogens with one attached hydrogen (secondary N) is 1. The molecule has 0 bridgehead atoms. The van der Waals surface area contributed by atoms with Crippen LogP contribution in [-0.2, 0) is 4.79 Å². The quantitative estimate of drug-likeness (QED) is 0.629. The number of aromatic amines is 1. The summed E-state index contributed by atoms with van der Waals surface area (Å²) in [6, 6.07) is 8.87. The van der Waals surface area contributed by atoms with Crippen LogP contribution in [0.5, 0.6) is 0 Å². The predicted molar refractivity (Wildman–Crippen MR) is 99.7 cm³/mol. The molecule has 134 valence electrons. The van der Waals surface area contributed by atoms with E-state index < -0.39 is 5.60 Å². The number of hydrogen-bond donors (Lipinski definition) is 2. The molecule has 1 fully saturated rings. The van der Waals surface area contributed by atoms with Crippen LogP contribution in [-0.4, -0.2) is 50.1 Å². The van der Waals surface area contributed by atoms with Crippen molar-refractivity contribution in [2.75, 3.05) is 13.6 Å². The zero-order valence-electron chi connectivity index (χ0n) is 14.6. The largest absolute Gasteiger partial charge is 0.369 e. The number of amides is 1. The number of aromatic nitrogens is 3. The normalized spacial score (nSPS) is 19.2. The van der Waals surface area contributed by atoms with Crippen LogP contribution >= 0.6 is 0 Å². The van der Waals surface area contributed by atoms with Crippen LogP contribution in [0.4, 0.5) is 0 Å². The monoisotopic (exact) mass is 360 g/mol. The Balaban J connectivity index is 1.70. The molecule has 0 aliphatic carbocycles. The van der Waals surface area contributed by atoms with Crippen molar-refractivity contribution in [2.45, 2.75) is 12.0 Å². The fraction of sp³-hybridized carbons (Fsp3) is 0.200. The highest BCUT2D eigenvalue weighted by Crippen LogP contribution is 2.22. The highest BCUT2D eigenvalue weighted by Gasteiger charge is 2.42. The minimum absolute atomic E-state index is 0.279. The molecule has 2 N–H and O–H groups in total. The number of pyridine rings is 1. The fourth-order valence-electron chi connectivity index (χ4n) is 2.99. The van der Waals surface area contributed by atoms with Crippen LogP contribution in [0.3, 0.4) is 0 Å². The SMILES string of the molecule is CN1CC[C@@](O)(C#Cc2cccc(-c3ncc4cc[nH]c(=O)c4n3)c2)C1=O. The lowest BCUT2D eigenvalue weighted by molar-refractivity contribution is -0.137.